The number of quaternary nitrogens is 1. The minimum atomic E-state index is -0.875. The number of hydrogen-bond donors (Lipinski definition) is 1. The van der Waals surface area contributed by atoms with Crippen LogP contribution in [-0.4, -0.2) is 80.6 Å². The van der Waals surface area contributed by atoms with Crippen LogP contribution in [0.5, 0.6) is 0 Å². The number of unbranched alkanes of at least 4 members (excludes halogenated alkanes) is 29. The first-order valence-electron chi connectivity index (χ1n) is 29.3. The zero-order chi connectivity index (χ0) is 51.3. The molecule has 2 unspecified atom stereocenters. The van der Waals surface area contributed by atoms with Crippen LogP contribution in [0.4, 0.5) is 0 Å². The molecular formula is C62H112NO7+. The summed E-state index contributed by atoms with van der Waals surface area (Å²) in [6.07, 6.45) is 67.1. The molecule has 0 aromatic heterocycles. The van der Waals surface area contributed by atoms with Gasteiger partial charge in [-0.05, 0) is 77.0 Å². The number of carbonyl (C=O) groups is 3. The molecule has 0 aromatic rings. The maximum absolute atomic E-state index is 12.8. The molecule has 0 aliphatic carbocycles. The number of likely N-dealkylation sites (N-methyl/N-ethyl adjacent to an activating group) is 1. The van der Waals surface area contributed by atoms with Crippen molar-refractivity contribution >= 4 is 17.9 Å². The quantitative estimate of drug-likeness (QED) is 0.0280. The van der Waals surface area contributed by atoms with Crippen molar-refractivity contribution in [3.05, 3.63) is 60.8 Å². The van der Waals surface area contributed by atoms with E-state index in [-0.39, 0.29) is 36.2 Å². The molecule has 0 fully saturated rings. The Morgan fingerprint density at radius 1 is 0.443 bits per heavy atom. The van der Waals surface area contributed by atoms with Gasteiger partial charge in [-0.2, -0.15) is 0 Å². The highest BCUT2D eigenvalue weighted by molar-refractivity contribution is 5.72. The summed E-state index contributed by atoms with van der Waals surface area (Å²) >= 11 is 0. The molecule has 0 aliphatic rings. The predicted octanol–water partition coefficient (Wildman–Crippen LogP) is 17.7. The van der Waals surface area contributed by atoms with E-state index >= 15 is 0 Å². The summed E-state index contributed by atoms with van der Waals surface area (Å²) in [6, 6.07) is -0.619. The van der Waals surface area contributed by atoms with E-state index < -0.39 is 18.1 Å². The minimum Gasteiger partial charge on any atom is -0.477 e. The standard InChI is InChI=1S/C62H111NO7/c1-6-8-10-12-14-16-18-20-22-24-26-28-30-32-34-36-38-40-42-44-46-48-50-52-60(64)69-57-58(56-68-55-54-59(62(66)67)63(3,4)5)70-61(65)53-51-49-47-45-43-41-39-37-35-33-31-29-27-25-23-21-19-17-15-13-11-9-7-2/h8,10,14,16,20,22,26,28,33,35,58-59H,6-7,9,11-13,15,17-19,21,23-25,27,29-32,34,36-57H2,1-5H3/p+1/b10-8+,16-14+,22-20+,28-26+,35-33+. The van der Waals surface area contributed by atoms with E-state index in [2.05, 4.69) is 74.6 Å². The van der Waals surface area contributed by atoms with E-state index in [1.807, 2.05) is 21.1 Å². The van der Waals surface area contributed by atoms with Gasteiger partial charge in [0.2, 0.25) is 0 Å². The van der Waals surface area contributed by atoms with Crippen LogP contribution in [0.25, 0.3) is 0 Å². The summed E-state index contributed by atoms with van der Waals surface area (Å²) in [7, 11) is 5.54. The second kappa shape index (κ2) is 52.4. The summed E-state index contributed by atoms with van der Waals surface area (Å²) in [4.78, 5) is 37.3. The lowest BCUT2D eigenvalue weighted by molar-refractivity contribution is -0.887. The fourth-order valence-corrected chi connectivity index (χ4v) is 8.67. The average molecular weight is 984 g/mol. The van der Waals surface area contributed by atoms with Crippen LogP contribution in [0.2, 0.25) is 0 Å². The van der Waals surface area contributed by atoms with Gasteiger partial charge in [0, 0.05) is 19.3 Å². The number of carboxylic acid groups (broad SMARTS) is 1. The minimum absolute atomic E-state index is 0.0553. The van der Waals surface area contributed by atoms with Crippen molar-refractivity contribution in [3.8, 4) is 0 Å². The summed E-state index contributed by atoms with van der Waals surface area (Å²) in [5.41, 5.74) is 0. The maximum Gasteiger partial charge on any atom is 0.362 e. The average Bonchev–Trinajstić information content (AvgIpc) is 3.33. The molecule has 0 heterocycles. The molecule has 0 aromatic carbocycles. The molecule has 0 aliphatic heterocycles. The summed E-state index contributed by atoms with van der Waals surface area (Å²) < 4.78 is 17.4. The predicted molar refractivity (Wildman–Crippen MR) is 298 cm³/mol. The number of rotatable bonds is 53. The van der Waals surface area contributed by atoms with E-state index in [0.717, 1.165) is 64.2 Å². The van der Waals surface area contributed by atoms with Gasteiger partial charge >= 0.3 is 17.9 Å². The molecule has 0 radical (unpaired) electrons. The van der Waals surface area contributed by atoms with E-state index in [1.54, 1.807) is 0 Å². The summed E-state index contributed by atoms with van der Waals surface area (Å²) in [5.74, 6) is -1.47. The number of hydrogen-bond acceptors (Lipinski definition) is 6. The van der Waals surface area contributed by atoms with Crippen LogP contribution in [0.15, 0.2) is 60.8 Å². The maximum atomic E-state index is 12.8. The fourth-order valence-electron chi connectivity index (χ4n) is 8.67. The van der Waals surface area contributed by atoms with Crippen molar-refractivity contribution in [2.24, 2.45) is 0 Å². The first-order chi connectivity index (χ1) is 34.1. The molecule has 8 nitrogen and oxygen atoms in total. The van der Waals surface area contributed by atoms with Gasteiger partial charge in [-0.25, -0.2) is 4.79 Å². The molecule has 0 spiro atoms. The van der Waals surface area contributed by atoms with Gasteiger partial charge in [0.25, 0.3) is 0 Å². The third-order valence-electron chi connectivity index (χ3n) is 13.2. The molecular weight excluding hydrogens is 871 g/mol. The Hall–Kier alpha value is -2.97. The van der Waals surface area contributed by atoms with Crippen molar-refractivity contribution in [1.29, 1.82) is 0 Å². The van der Waals surface area contributed by atoms with Crippen molar-refractivity contribution < 1.29 is 38.2 Å². The smallest absolute Gasteiger partial charge is 0.362 e. The largest absolute Gasteiger partial charge is 0.477 e. The normalized spacial score (nSPS) is 13.2. The van der Waals surface area contributed by atoms with E-state index in [9.17, 15) is 19.5 Å². The van der Waals surface area contributed by atoms with Crippen LogP contribution in [0, 0.1) is 0 Å². The fraction of sp³-hybridized carbons (Fsp3) is 0.790. The molecule has 8 heteroatoms. The molecule has 2 atom stereocenters. The lowest BCUT2D eigenvalue weighted by Crippen LogP contribution is -2.50. The number of allylic oxidation sites excluding steroid dienone is 10. The molecule has 0 saturated carbocycles. The second-order valence-electron chi connectivity index (χ2n) is 20.9. The van der Waals surface area contributed by atoms with Crippen molar-refractivity contribution in [1.82, 2.24) is 0 Å². The van der Waals surface area contributed by atoms with Gasteiger partial charge in [-0.3, -0.25) is 9.59 Å². The topological polar surface area (TPSA) is 99.1 Å². The Morgan fingerprint density at radius 3 is 1.20 bits per heavy atom. The van der Waals surface area contributed by atoms with Gasteiger partial charge in [-0.1, -0.05) is 229 Å². The first-order valence-corrected chi connectivity index (χ1v) is 29.3. The van der Waals surface area contributed by atoms with Crippen LogP contribution in [0.3, 0.4) is 0 Å². The highest BCUT2D eigenvalue weighted by Crippen LogP contribution is 2.16. The monoisotopic (exact) mass is 983 g/mol. The second-order valence-corrected chi connectivity index (χ2v) is 20.9. The Kier molecular flexibility index (Phi) is 50.1. The number of aliphatic carboxylic acids is 1. The van der Waals surface area contributed by atoms with Crippen LogP contribution in [-0.2, 0) is 28.6 Å². The SMILES string of the molecule is CC/C=C/C/C=C/C/C=C/C/C=C/CCCCCCCCCCCCC(=O)OCC(COCCC(C(=O)O)[N+](C)(C)C)OC(=O)CCCCCCCCC/C=C/CCCCCCCCCCCCCC. The highest BCUT2D eigenvalue weighted by atomic mass is 16.6. The third kappa shape index (κ3) is 50.0. The number of carbonyl (C=O) groups excluding carboxylic acids is 2. The van der Waals surface area contributed by atoms with Crippen molar-refractivity contribution in [2.45, 2.75) is 276 Å². The molecule has 0 bridgehead atoms. The van der Waals surface area contributed by atoms with Gasteiger partial charge in [0.1, 0.15) is 6.61 Å². The van der Waals surface area contributed by atoms with E-state index in [1.165, 1.54) is 167 Å². The summed E-state index contributed by atoms with van der Waals surface area (Å²) in [6.45, 7) is 4.65. The molecule has 0 saturated heterocycles. The van der Waals surface area contributed by atoms with Crippen LogP contribution < -0.4 is 0 Å². The number of carboxylic acids is 1. The molecule has 1 N–H and O–H groups in total. The molecule has 406 valence electrons. The lowest BCUT2D eigenvalue weighted by atomic mass is 10.0. The third-order valence-corrected chi connectivity index (χ3v) is 13.2. The number of ether oxygens (including phenoxy) is 3. The number of esters is 2. The van der Waals surface area contributed by atoms with Gasteiger partial charge in [0.15, 0.2) is 12.1 Å². The van der Waals surface area contributed by atoms with Gasteiger partial charge in [-0.15, -0.1) is 0 Å². The Balaban J connectivity index is 4.17. The highest BCUT2D eigenvalue weighted by Gasteiger charge is 2.31. The Bertz CT molecular complexity index is 1330. The van der Waals surface area contributed by atoms with Crippen molar-refractivity contribution in [3.63, 3.8) is 0 Å². The molecule has 0 rings (SSSR count). The summed E-state index contributed by atoms with van der Waals surface area (Å²) in [5, 5.41) is 9.68. The zero-order valence-electron chi connectivity index (χ0n) is 46.5. The van der Waals surface area contributed by atoms with Gasteiger partial charge < -0.3 is 23.8 Å². The van der Waals surface area contributed by atoms with Gasteiger partial charge in [0.05, 0.1) is 34.4 Å². The van der Waals surface area contributed by atoms with E-state index in [4.69, 9.17) is 14.2 Å². The molecule has 70 heavy (non-hydrogen) atoms. The zero-order valence-corrected chi connectivity index (χ0v) is 46.5. The first kappa shape index (κ1) is 67.0. The molecule has 0 amide bonds. The van der Waals surface area contributed by atoms with Crippen molar-refractivity contribution in [2.75, 3.05) is 41.0 Å². The lowest BCUT2D eigenvalue weighted by Gasteiger charge is -2.31. The van der Waals surface area contributed by atoms with E-state index in [0.29, 0.717) is 19.3 Å². The van der Waals surface area contributed by atoms with Crippen LogP contribution >= 0.6 is 0 Å². The Morgan fingerprint density at radius 2 is 0.800 bits per heavy atom. The van der Waals surface area contributed by atoms with Crippen LogP contribution in [0.1, 0.15) is 264 Å². The number of nitrogens with zero attached hydrogens (tertiary/aromatic N) is 1. The Labute approximate surface area is 432 Å².